The van der Waals surface area contributed by atoms with Gasteiger partial charge in [-0.1, -0.05) is 25.1 Å². The molecule has 0 unspecified atom stereocenters. The molecule has 1 aliphatic carbocycles. The third kappa shape index (κ3) is 4.98. The lowest BCUT2D eigenvalue weighted by atomic mass is 9.80. The normalized spacial score (nSPS) is 22.3. The topological polar surface area (TPSA) is 69.7 Å². The molecule has 158 valence electrons. The van der Waals surface area contributed by atoms with Crippen molar-refractivity contribution in [2.75, 3.05) is 31.5 Å². The Kier molecular flexibility index (Phi) is 6.93. The van der Waals surface area contributed by atoms with Gasteiger partial charge in [0, 0.05) is 50.6 Å². The van der Waals surface area contributed by atoms with Crippen molar-refractivity contribution in [3.8, 4) is 0 Å². The SMILES string of the molecule is CCc1cccc(C)c1NC(=O)C1CCC(C(=O)N2CCN(C(C)=O)CC2)CC1. The van der Waals surface area contributed by atoms with Gasteiger partial charge in [0.15, 0.2) is 0 Å². The number of hydrogen-bond donors (Lipinski definition) is 1. The summed E-state index contributed by atoms with van der Waals surface area (Å²) < 4.78 is 0. The predicted octanol–water partition coefficient (Wildman–Crippen LogP) is 2.99. The number of amides is 3. The largest absolute Gasteiger partial charge is 0.339 e. The molecule has 29 heavy (non-hydrogen) atoms. The molecular formula is C23H33N3O3. The van der Waals surface area contributed by atoms with E-state index in [2.05, 4.69) is 18.3 Å². The first-order valence-electron chi connectivity index (χ1n) is 10.8. The van der Waals surface area contributed by atoms with Gasteiger partial charge < -0.3 is 15.1 Å². The van der Waals surface area contributed by atoms with Crippen molar-refractivity contribution in [1.29, 1.82) is 0 Å². The minimum Gasteiger partial charge on any atom is -0.339 e. The summed E-state index contributed by atoms with van der Waals surface area (Å²) in [4.78, 5) is 40.8. The first kappa shape index (κ1) is 21.3. The fourth-order valence-electron chi connectivity index (χ4n) is 4.53. The van der Waals surface area contributed by atoms with Crippen molar-refractivity contribution in [1.82, 2.24) is 9.80 Å². The molecule has 6 nitrogen and oxygen atoms in total. The van der Waals surface area contributed by atoms with E-state index in [1.807, 2.05) is 24.0 Å². The number of nitrogens with zero attached hydrogens (tertiary/aromatic N) is 2. The van der Waals surface area contributed by atoms with Crippen LogP contribution in [0.25, 0.3) is 0 Å². The van der Waals surface area contributed by atoms with Gasteiger partial charge in [-0.2, -0.15) is 0 Å². The highest BCUT2D eigenvalue weighted by Gasteiger charge is 2.33. The molecule has 0 spiro atoms. The first-order chi connectivity index (χ1) is 13.9. The number of para-hydroxylation sites is 1. The highest BCUT2D eigenvalue weighted by atomic mass is 16.2. The summed E-state index contributed by atoms with van der Waals surface area (Å²) in [5.74, 6) is 0.322. The number of anilines is 1. The van der Waals surface area contributed by atoms with Crippen molar-refractivity contribution in [2.24, 2.45) is 11.8 Å². The van der Waals surface area contributed by atoms with Crippen LogP contribution in [0, 0.1) is 18.8 Å². The Morgan fingerprint density at radius 3 is 2.14 bits per heavy atom. The molecule has 0 aromatic heterocycles. The van der Waals surface area contributed by atoms with Crippen molar-refractivity contribution < 1.29 is 14.4 Å². The maximum atomic E-state index is 12.8. The average molecular weight is 400 g/mol. The van der Waals surface area contributed by atoms with E-state index in [9.17, 15) is 14.4 Å². The van der Waals surface area contributed by atoms with Gasteiger partial charge in [0.05, 0.1) is 0 Å². The van der Waals surface area contributed by atoms with Crippen LogP contribution in [0.15, 0.2) is 18.2 Å². The zero-order valence-electron chi connectivity index (χ0n) is 17.9. The molecule has 1 aromatic carbocycles. The summed E-state index contributed by atoms with van der Waals surface area (Å²) in [7, 11) is 0. The molecule has 1 saturated heterocycles. The van der Waals surface area contributed by atoms with Gasteiger partial charge in [-0.3, -0.25) is 14.4 Å². The third-order valence-corrected chi connectivity index (χ3v) is 6.47. The molecule has 0 radical (unpaired) electrons. The van der Waals surface area contributed by atoms with E-state index < -0.39 is 0 Å². The van der Waals surface area contributed by atoms with Gasteiger partial charge in [-0.05, 0) is 50.2 Å². The standard InChI is InChI=1S/C23H33N3O3/c1-4-18-7-5-6-16(2)21(18)24-22(28)19-8-10-20(11-9-19)23(29)26-14-12-25(13-15-26)17(3)27/h5-7,19-20H,4,8-15H2,1-3H3,(H,24,28). The summed E-state index contributed by atoms with van der Waals surface area (Å²) in [6.45, 7) is 8.17. The van der Waals surface area contributed by atoms with Gasteiger partial charge in [0.2, 0.25) is 17.7 Å². The average Bonchev–Trinajstić information content (AvgIpc) is 2.74. The summed E-state index contributed by atoms with van der Waals surface area (Å²) in [5, 5.41) is 3.15. The molecule has 3 amide bonds. The van der Waals surface area contributed by atoms with Crippen LogP contribution in [0.2, 0.25) is 0 Å². The second kappa shape index (κ2) is 9.42. The van der Waals surface area contributed by atoms with E-state index in [0.29, 0.717) is 26.2 Å². The maximum Gasteiger partial charge on any atom is 0.227 e. The van der Waals surface area contributed by atoms with E-state index in [-0.39, 0.29) is 29.6 Å². The Labute approximate surface area is 173 Å². The van der Waals surface area contributed by atoms with Gasteiger partial charge >= 0.3 is 0 Å². The molecule has 1 aliphatic heterocycles. The second-order valence-corrected chi connectivity index (χ2v) is 8.33. The summed E-state index contributed by atoms with van der Waals surface area (Å²) >= 11 is 0. The van der Waals surface area contributed by atoms with Crippen LogP contribution >= 0.6 is 0 Å². The summed E-state index contributed by atoms with van der Waals surface area (Å²) in [6, 6.07) is 6.11. The Morgan fingerprint density at radius 1 is 0.966 bits per heavy atom. The van der Waals surface area contributed by atoms with Crippen LogP contribution in [-0.2, 0) is 20.8 Å². The number of aryl methyl sites for hydroxylation is 2. The van der Waals surface area contributed by atoms with Crippen LogP contribution in [0.3, 0.4) is 0 Å². The molecule has 3 rings (SSSR count). The number of nitrogens with one attached hydrogen (secondary N) is 1. The Bertz CT molecular complexity index is 761. The summed E-state index contributed by atoms with van der Waals surface area (Å²) in [5.41, 5.74) is 3.19. The fourth-order valence-corrected chi connectivity index (χ4v) is 4.53. The Hall–Kier alpha value is -2.37. The molecule has 1 aromatic rings. The molecule has 0 atom stereocenters. The summed E-state index contributed by atoms with van der Waals surface area (Å²) in [6.07, 6.45) is 3.91. The van der Waals surface area contributed by atoms with Crippen molar-refractivity contribution >= 4 is 23.4 Å². The fraction of sp³-hybridized carbons (Fsp3) is 0.609. The molecule has 1 heterocycles. The van der Waals surface area contributed by atoms with Crippen molar-refractivity contribution in [2.45, 2.75) is 52.9 Å². The molecule has 2 fully saturated rings. The minimum atomic E-state index is -0.0297. The van der Waals surface area contributed by atoms with E-state index in [0.717, 1.165) is 48.9 Å². The minimum absolute atomic E-state index is 0.00703. The maximum absolute atomic E-state index is 12.8. The molecule has 6 heteroatoms. The van der Waals surface area contributed by atoms with Crippen LogP contribution in [0.5, 0.6) is 0 Å². The molecule has 1 N–H and O–H groups in total. The number of piperazine rings is 1. The zero-order valence-corrected chi connectivity index (χ0v) is 17.9. The second-order valence-electron chi connectivity index (χ2n) is 8.33. The number of benzene rings is 1. The lowest BCUT2D eigenvalue weighted by Crippen LogP contribution is -2.51. The number of carbonyl (C=O) groups is 3. The first-order valence-corrected chi connectivity index (χ1v) is 10.8. The highest BCUT2D eigenvalue weighted by molar-refractivity contribution is 5.94. The van der Waals surface area contributed by atoms with Crippen molar-refractivity contribution in [3.05, 3.63) is 29.3 Å². The van der Waals surface area contributed by atoms with Crippen LogP contribution in [0.4, 0.5) is 5.69 Å². The van der Waals surface area contributed by atoms with Crippen LogP contribution < -0.4 is 5.32 Å². The van der Waals surface area contributed by atoms with Gasteiger partial charge in [-0.25, -0.2) is 0 Å². The molecular weight excluding hydrogens is 366 g/mol. The van der Waals surface area contributed by atoms with Crippen molar-refractivity contribution in [3.63, 3.8) is 0 Å². The monoisotopic (exact) mass is 399 g/mol. The number of rotatable bonds is 4. The van der Waals surface area contributed by atoms with Gasteiger partial charge in [0.25, 0.3) is 0 Å². The van der Waals surface area contributed by atoms with E-state index >= 15 is 0 Å². The Balaban J connectivity index is 1.51. The van der Waals surface area contributed by atoms with Crippen LogP contribution in [-0.4, -0.2) is 53.7 Å². The molecule has 1 saturated carbocycles. The Morgan fingerprint density at radius 2 is 1.55 bits per heavy atom. The smallest absolute Gasteiger partial charge is 0.227 e. The molecule has 2 aliphatic rings. The zero-order chi connectivity index (χ0) is 21.0. The number of carbonyl (C=O) groups excluding carboxylic acids is 3. The number of hydrogen-bond acceptors (Lipinski definition) is 3. The van der Waals surface area contributed by atoms with Crippen LogP contribution in [0.1, 0.15) is 50.7 Å². The molecule has 0 bridgehead atoms. The predicted molar refractivity (Wildman–Crippen MR) is 113 cm³/mol. The lowest BCUT2D eigenvalue weighted by Gasteiger charge is -2.37. The van der Waals surface area contributed by atoms with Gasteiger partial charge in [0.1, 0.15) is 0 Å². The lowest BCUT2D eigenvalue weighted by molar-refractivity contribution is -0.142. The van der Waals surface area contributed by atoms with Gasteiger partial charge in [-0.15, -0.1) is 0 Å². The quantitative estimate of drug-likeness (QED) is 0.846. The third-order valence-electron chi connectivity index (χ3n) is 6.47. The van der Waals surface area contributed by atoms with E-state index in [1.165, 1.54) is 0 Å². The van der Waals surface area contributed by atoms with E-state index in [4.69, 9.17) is 0 Å². The van der Waals surface area contributed by atoms with E-state index in [1.54, 1.807) is 11.8 Å². The highest BCUT2D eigenvalue weighted by Crippen LogP contribution is 2.32.